The van der Waals surface area contributed by atoms with Crippen LogP contribution in [0.5, 0.6) is 0 Å². The summed E-state index contributed by atoms with van der Waals surface area (Å²) in [7, 11) is -3.38. The van der Waals surface area contributed by atoms with Gasteiger partial charge in [-0.3, -0.25) is 9.69 Å². The molecule has 1 N–H and O–H groups in total. The third-order valence-electron chi connectivity index (χ3n) is 4.67. The number of thiazole rings is 1. The van der Waals surface area contributed by atoms with Crippen LogP contribution in [0.25, 0.3) is 0 Å². The summed E-state index contributed by atoms with van der Waals surface area (Å²) in [6.07, 6.45) is 4.29. The van der Waals surface area contributed by atoms with E-state index in [2.05, 4.69) is 22.1 Å². The number of nitrogens with one attached hydrogen (secondary N) is 1. The molecule has 1 unspecified atom stereocenters. The molecule has 24 heavy (non-hydrogen) atoms. The fourth-order valence-corrected chi connectivity index (χ4v) is 5.50. The van der Waals surface area contributed by atoms with Gasteiger partial charge in [0.05, 0.1) is 11.9 Å². The molecule has 9 heteroatoms. The van der Waals surface area contributed by atoms with Gasteiger partial charge < -0.3 is 5.32 Å². The topological polar surface area (TPSA) is 82.6 Å². The van der Waals surface area contributed by atoms with Gasteiger partial charge >= 0.3 is 0 Å². The average molecular weight is 373 g/mol. The number of sulfonamides is 1. The van der Waals surface area contributed by atoms with Crippen molar-refractivity contribution >= 4 is 32.4 Å². The summed E-state index contributed by atoms with van der Waals surface area (Å²) in [5.74, 6) is -0.265. The predicted octanol–water partition coefficient (Wildman–Crippen LogP) is 1.27. The predicted molar refractivity (Wildman–Crippen MR) is 94.6 cm³/mol. The number of hydrogen-bond donors (Lipinski definition) is 1. The molecule has 0 aromatic carbocycles. The Kier molecular flexibility index (Phi) is 5.24. The fraction of sp³-hybridized carbons (Fsp3) is 0.733. The van der Waals surface area contributed by atoms with E-state index in [0.29, 0.717) is 18.1 Å². The molecule has 1 atom stereocenters. The zero-order chi connectivity index (χ0) is 17.3. The molecule has 1 saturated heterocycles. The van der Waals surface area contributed by atoms with Crippen LogP contribution >= 0.6 is 11.3 Å². The van der Waals surface area contributed by atoms with Crippen LogP contribution in [0.2, 0.25) is 0 Å². The molecule has 0 saturated carbocycles. The van der Waals surface area contributed by atoms with Crippen LogP contribution in [0.4, 0.5) is 5.13 Å². The van der Waals surface area contributed by atoms with Crippen molar-refractivity contribution in [2.75, 3.05) is 31.2 Å². The highest BCUT2D eigenvalue weighted by atomic mass is 32.2. The maximum absolute atomic E-state index is 12.6. The van der Waals surface area contributed by atoms with Crippen molar-refractivity contribution < 1.29 is 13.2 Å². The highest BCUT2D eigenvalue weighted by molar-refractivity contribution is 7.88. The molecule has 3 heterocycles. The number of anilines is 1. The molecular weight excluding hydrogens is 348 g/mol. The van der Waals surface area contributed by atoms with E-state index in [1.165, 1.54) is 26.8 Å². The van der Waals surface area contributed by atoms with Crippen molar-refractivity contribution in [1.29, 1.82) is 0 Å². The van der Waals surface area contributed by atoms with Gasteiger partial charge in [-0.2, -0.15) is 4.31 Å². The summed E-state index contributed by atoms with van der Waals surface area (Å²) in [4.78, 5) is 20.7. The summed E-state index contributed by atoms with van der Waals surface area (Å²) >= 11 is 1.50. The molecule has 7 nitrogen and oxygen atoms in total. The molecule has 3 rings (SSSR count). The quantitative estimate of drug-likeness (QED) is 0.861. The van der Waals surface area contributed by atoms with Gasteiger partial charge in [-0.15, -0.1) is 11.3 Å². The normalized spacial score (nSPS) is 23.0. The second-order valence-corrected chi connectivity index (χ2v) is 9.40. The maximum atomic E-state index is 12.6. The Hall–Kier alpha value is -1.03. The third-order valence-corrected chi connectivity index (χ3v) is 6.96. The van der Waals surface area contributed by atoms with Gasteiger partial charge in [0, 0.05) is 30.9 Å². The largest absolute Gasteiger partial charge is 0.301 e. The Bertz CT molecular complexity index is 716. The number of nitrogens with zero attached hydrogens (tertiary/aromatic N) is 3. The van der Waals surface area contributed by atoms with E-state index >= 15 is 0 Å². The van der Waals surface area contributed by atoms with Crippen LogP contribution in [-0.2, 0) is 27.8 Å². The lowest BCUT2D eigenvalue weighted by atomic mass is 10.0. The van der Waals surface area contributed by atoms with Gasteiger partial charge in [-0.25, -0.2) is 13.4 Å². The summed E-state index contributed by atoms with van der Waals surface area (Å²) in [6.45, 7) is 5.42. The molecule has 1 amide bonds. The second-order valence-electron chi connectivity index (χ2n) is 6.38. The number of rotatable bonds is 4. The first-order chi connectivity index (χ1) is 11.4. The highest BCUT2D eigenvalue weighted by Crippen LogP contribution is 2.29. The summed E-state index contributed by atoms with van der Waals surface area (Å²) in [5, 5.41) is 3.43. The van der Waals surface area contributed by atoms with Gasteiger partial charge in [0.25, 0.3) is 0 Å². The van der Waals surface area contributed by atoms with Crippen LogP contribution in [0, 0.1) is 0 Å². The molecule has 1 aromatic rings. The molecule has 0 radical (unpaired) electrons. The molecule has 2 aliphatic rings. The number of carbonyl (C=O) groups excluding carboxylic acids is 1. The molecular formula is C15H24N4O3S2. The van der Waals surface area contributed by atoms with Crippen LogP contribution < -0.4 is 5.32 Å². The van der Waals surface area contributed by atoms with E-state index in [9.17, 15) is 13.2 Å². The lowest BCUT2D eigenvalue weighted by molar-refractivity contribution is -0.120. The molecule has 0 aliphatic carbocycles. The Morgan fingerprint density at radius 1 is 1.38 bits per heavy atom. The number of fused-ring (bicyclic) bond motifs is 1. The average Bonchev–Trinajstić information content (AvgIpc) is 2.95. The van der Waals surface area contributed by atoms with Gasteiger partial charge in [0.1, 0.15) is 6.04 Å². The van der Waals surface area contributed by atoms with E-state index < -0.39 is 16.1 Å². The SMILES string of the molecule is CCN1CCc2nc(NC(=O)C3CCCCN3S(C)(=O)=O)sc2C1. The van der Waals surface area contributed by atoms with E-state index in [1.54, 1.807) is 0 Å². The van der Waals surface area contributed by atoms with E-state index in [4.69, 9.17) is 0 Å². The lowest BCUT2D eigenvalue weighted by Crippen LogP contribution is -2.49. The number of amides is 1. The van der Waals surface area contributed by atoms with Crippen molar-refractivity contribution in [2.24, 2.45) is 0 Å². The molecule has 0 bridgehead atoms. The van der Waals surface area contributed by atoms with Gasteiger partial charge in [0.2, 0.25) is 15.9 Å². The molecule has 0 spiro atoms. The first-order valence-electron chi connectivity index (χ1n) is 8.37. The Labute approximate surface area is 147 Å². The van der Waals surface area contributed by atoms with Crippen molar-refractivity contribution in [3.05, 3.63) is 10.6 Å². The standard InChI is InChI=1S/C15H24N4O3S2/c1-3-18-9-7-11-13(10-18)23-15(16-11)17-14(20)12-6-4-5-8-19(12)24(2,21)22/h12H,3-10H2,1-2H3,(H,16,17,20). The highest BCUT2D eigenvalue weighted by Gasteiger charge is 2.35. The van der Waals surface area contributed by atoms with E-state index in [0.717, 1.165) is 44.6 Å². The minimum Gasteiger partial charge on any atom is -0.301 e. The van der Waals surface area contributed by atoms with Crippen molar-refractivity contribution in [3.63, 3.8) is 0 Å². The summed E-state index contributed by atoms with van der Waals surface area (Å²) < 4.78 is 25.1. The van der Waals surface area contributed by atoms with Crippen LogP contribution in [-0.4, -0.2) is 60.4 Å². The van der Waals surface area contributed by atoms with Crippen LogP contribution in [0.1, 0.15) is 36.8 Å². The molecule has 134 valence electrons. The Balaban J connectivity index is 1.72. The van der Waals surface area contributed by atoms with E-state index in [-0.39, 0.29) is 5.91 Å². The smallest absolute Gasteiger partial charge is 0.244 e. The van der Waals surface area contributed by atoms with Gasteiger partial charge in [-0.05, 0) is 19.4 Å². The van der Waals surface area contributed by atoms with Crippen molar-refractivity contribution in [2.45, 2.75) is 45.2 Å². The first-order valence-corrected chi connectivity index (χ1v) is 11.0. The maximum Gasteiger partial charge on any atom is 0.244 e. The van der Waals surface area contributed by atoms with Gasteiger partial charge in [-0.1, -0.05) is 13.3 Å². The fourth-order valence-electron chi connectivity index (χ4n) is 3.32. The van der Waals surface area contributed by atoms with Crippen LogP contribution in [0.3, 0.4) is 0 Å². The first kappa shape index (κ1) is 17.8. The third kappa shape index (κ3) is 3.79. The van der Waals surface area contributed by atoms with E-state index in [1.807, 2.05) is 0 Å². The zero-order valence-corrected chi connectivity index (χ0v) is 15.8. The zero-order valence-electron chi connectivity index (χ0n) is 14.1. The lowest BCUT2D eigenvalue weighted by Gasteiger charge is -2.32. The molecule has 1 aromatic heterocycles. The van der Waals surface area contributed by atoms with Crippen molar-refractivity contribution in [3.8, 4) is 0 Å². The second kappa shape index (κ2) is 7.07. The molecule has 2 aliphatic heterocycles. The minimum atomic E-state index is -3.38. The summed E-state index contributed by atoms with van der Waals surface area (Å²) in [6, 6.07) is -0.623. The Morgan fingerprint density at radius 3 is 2.88 bits per heavy atom. The number of hydrogen-bond acceptors (Lipinski definition) is 6. The van der Waals surface area contributed by atoms with Gasteiger partial charge in [0.15, 0.2) is 5.13 Å². The monoisotopic (exact) mass is 372 g/mol. The van der Waals surface area contributed by atoms with Crippen molar-refractivity contribution in [1.82, 2.24) is 14.2 Å². The summed E-state index contributed by atoms with van der Waals surface area (Å²) in [5.41, 5.74) is 1.06. The number of likely N-dealkylation sites (N-methyl/N-ethyl adjacent to an activating group) is 1. The Morgan fingerprint density at radius 2 is 2.17 bits per heavy atom. The van der Waals surface area contributed by atoms with Crippen LogP contribution in [0.15, 0.2) is 0 Å². The molecule has 1 fully saturated rings. The number of carbonyl (C=O) groups is 1. The number of aromatic nitrogens is 1. The minimum absolute atomic E-state index is 0.265. The number of piperidine rings is 1.